The van der Waals surface area contributed by atoms with Gasteiger partial charge in [0.1, 0.15) is 5.60 Å². The van der Waals surface area contributed by atoms with Crippen molar-refractivity contribution in [2.45, 2.75) is 64.7 Å². The minimum atomic E-state index is -0.638. The van der Waals surface area contributed by atoms with E-state index in [9.17, 15) is 4.79 Å². The largest absolute Gasteiger partial charge is 0.361 e. The Morgan fingerprint density at radius 1 is 1.24 bits per heavy atom. The molecule has 0 aromatic carbocycles. The number of carbonyl (C=O) groups is 1. The van der Waals surface area contributed by atoms with Crippen molar-refractivity contribution in [3.63, 3.8) is 0 Å². The third-order valence-electron chi connectivity index (χ3n) is 5.37. The highest BCUT2D eigenvalue weighted by Crippen LogP contribution is 2.39. The number of hydrogen-bond donors (Lipinski definition) is 0. The highest BCUT2D eigenvalue weighted by molar-refractivity contribution is 5.91. The molecule has 2 saturated heterocycles. The van der Waals surface area contributed by atoms with Crippen LogP contribution < -0.4 is 0 Å². The van der Waals surface area contributed by atoms with E-state index in [-0.39, 0.29) is 17.3 Å². The minimum Gasteiger partial charge on any atom is -0.361 e. The second kappa shape index (κ2) is 5.98. The summed E-state index contributed by atoms with van der Waals surface area (Å²) in [5.41, 5.74) is -1.00. The van der Waals surface area contributed by atoms with Crippen LogP contribution in [0.25, 0.3) is 0 Å². The van der Waals surface area contributed by atoms with Gasteiger partial charge in [-0.2, -0.15) is 0 Å². The van der Waals surface area contributed by atoms with Gasteiger partial charge in [-0.3, -0.25) is 4.79 Å². The Labute approximate surface area is 129 Å². The monoisotopic (exact) mass is 296 g/mol. The van der Waals surface area contributed by atoms with Crippen molar-refractivity contribution < 1.29 is 9.53 Å². The van der Waals surface area contributed by atoms with Gasteiger partial charge in [0.05, 0.1) is 11.5 Å². The van der Waals surface area contributed by atoms with Gasteiger partial charge in [-0.25, -0.2) is 0 Å². The topological polar surface area (TPSA) is 32.8 Å². The lowest BCUT2D eigenvalue weighted by atomic mass is 9.85. The Morgan fingerprint density at radius 2 is 1.81 bits per heavy atom. The zero-order chi connectivity index (χ0) is 15.8. The predicted molar refractivity (Wildman–Crippen MR) is 85.5 cm³/mol. The summed E-state index contributed by atoms with van der Waals surface area (Å²) in [4.78, 5) is 17.5. The molecule has 2 aliphatic heterocycles. The molecule has 21 heavy (non-hydrogen) atoms. The Bertz CT molecular complexity index is 384. The smallest absolute Gasteiger partial charge is 0.171 e. The molecule has 122 valence electrons. The van der Waals surface area contributed by atoms with Crippen LogP contribution in [0, 0.1) is 5.92 Å². The quantitative estimate of drug-likeness (QED) is 0.796. The Hall–Kier alpha value is -0.450. The number of hydrogen-bond acceptors (Lipinski definition) is 4. The lowest BCUT2D eigenvalue weighted by Crippen LogP contribution is -2.47. The average Bonchev–Trinajstić information content (AvgIpc) is 2.57. The van der Waals surface area contributed by atoms with Crippen molar-refractivity contribution in [2.24, 2.45) is 5.92 Å². The molecular formula is C17H32N2O2. The van der Waals surface area contributed by atoms with Crippen molar-refractivity contribution in [1.82, 2.24) is 9.80 Å². The zero-order valence-electron chi connectivity index (χ0n) is 14.6. The van der Waals surface area contributed by atoms with Gasteiger partial charge >= 0.3 is 0 Å². The molecule has 0 aromatic heterocycles. The Morgan fingerprint density at radius 3 is 2.24 bits per heavy atom. The van der Waals surface area contributed by atoms with Gasteiger partial charge in [0, 0.05) is 12.6 Å². The molecule has 2 fully saturated rings. The minimum absolute atomic E-state index is 0.0262. The first-order chi connectivity index (χ1) is 9.67. The molecule has 0 N–H and O–H groups in total. The summed E-state index contributed by atoms with van der Waals surface area (Å²) in [6, 6.07) is 0.597. The van der Waals surface area contributed by atoms with Gasteiger partial charge in [0.15, 0.2) is 5.78 Å². The van der Waals surface area contributed by atoms with E-state index in [0.29, 0.717) is 6.04 Å². The van der Waals surface area contributed by atoms with Crippen molar-refractivity contribution >= 4 is 5.78 Å². The van der Waals surface area contributed by atoms with Gasteiger partial charge in [-0.05, 0) is 67.2 Å². The second-order valence-corrected chi connectivity index (χ2v) is 7.74. The average molecular weight is 296 g/mol. The molecule has 2 rings (SSSR count). The number of ether oxygens (including phenoxy) is 1. The van der Waals surface area contributed by atoms with Crippen molar-refractivity contribution in [3.05, 3.63) is 0 Å². The van der Waals surface area contributed by atoms with Crippen LogP contribution in [-0.2, 0) is 9.53 Å². The molecule has 0 saturated carbocycles. The van der Waals surface area contributed by atoms with Crippen molar-refractivity contribution in [1.29, 1.82) is 0 Å². The summed E-state index contributed by atoms with van der Waals surface area (Å²) in [7, 11) is 2.17. The zero-order valence-corrected chi connectivity index (χ0v) is 14.6. The molecule has 4 heteroatoms. The molecule has 1 unspecified atom stereocenters. The van der Waals surface area contributed by atoms with E-state index in [1.807, 2.05) is 13.8 Å². The number of Topliss-reactive ketones (excluding diaryl/α,β-unsaturated/α-hetero) is 1. The highest BCUT2D eigenvalue weighted by Gasteiger charge is 2.53. The first-order valence-electron chi connectivity index (χ1n) is 8.34. The van der Waals surface area contributed by atoms with Gasteiger partial charge in [0.2, 0.25) is 0 Å². The van der Waals surface area contributed by atoms with E-state index in [0.717, 1.165) is 13.1 Å². The van der Waals surface area contributed by atoms with Crippen LogP contribution in [-0.4, -0.2) is 66.1 Å². The van der Waals surface area contributed by atoms with E-state index in [1.54, 1.807) is 0 Å². The van der Waals surface area contributed by atoms with Crippen LogP contribution >= 0.6 is 0 Å². The summed E-state index contributed by atoms with van der Waals surface area (Å²) >= 11 is 0. The normalized spacial score (nSPS) is 30.2. The van der Waals surface area contributed by atoms with Crippen LogP contribution in [0.5, 0.6) is 0 Å². The van der Waals surface area contributed by atoms with Gasteiger partial charge < -0.3 is 14.5 Å². The maximum atomic E-state index is 12.6. The molecule has 0 bridgehead atoms. The Balaban J connectivity index is 1.96. The molecule has 2 aliphatic rings. The van der Waals surface area contributed by atoms with Crippen LogP contribution in [0.4, 0.5) is 0 Å². The molecule has 4 nitrogen and oxygen atoms in total. The van der Waals surface area contributed by atoms with Crippen LogP contribution in [0.2, 0.25) is 0 Å². The maximum absolute atomic E-state index is 12.6. The number of carbonyl (C=O) groups excluding carboxylic acids is 1. The van der Waals surface area contributed by atoms with Crippen molar-refractivity contribution in [3.8, 4) is 0 Å². The van der Waals surface area contributed by atoms with E-state index < -0.39 is 5.60 Å². The van der Waals surface area contributed by atoms with E-state index in [2.05, 4.69) is 37.6 Å². The number of ketones is 1. The van der Waals surface area contributed by atoms with E-state index in [1.165, 1.54) is 25.9 Å². The van der Waals surface area contributed by atoms with E-state index >= 15 is 0 Å². The third kappa shape index (κ3) is 3.49. The first kappa shape index (κ1) is 16.9. The SMILES string of the molecule is CCN1CCC(N(C)CC2C(=O)C(C)(C)OC2(C)C)CC1. The molecule has 1 atom stereocenters. The number of nitrogens with zero attached hydrogens (tertiary/aromatic N) is 2. The molecular weight excluding hydrogens is 264 g/mol. The van der Waals surface area contributed by atoms with E-state index in [4.69, 9.17) is 4.74 Å². The molecule has 0 aromatic rings. The fraction of sp³-hybridized carbons (Fsp3) is 0.941. The fourth-order valence-corrected chi connectivity index (χ4v) is 3.93. The molecule has 2 heterocycles. The summed E-state index contributed by atoms with van der Waals surface area (Å²) < 4.78 is 6.00. The lowest BCUT2D eigenvalue weighted by Gasteiger charge is -2.38. The third-order valence-corrected chi connectivity index (χ3v) is 5.37. The van der Waals surface area contributed by atoms with Gasteiger partial charge in [-0.15, -0.1) is 0 Å². The molecule has 0 spiro atoms. The summed E-state index contributed by atoms with van der Waals surface area (Å²) in [6.07, 6.45) is 2.41. The number of piperidine rings is 1. The maximum Gasteiger partial charge on any atom is 0.171 e. The summed E-state index contributed by atoms with van der Waals surface area (Å²) in [6.45, 7) is 14.4. The molecule has 0 radical (unpaired) electrons. The van der Waals surface area contributed by atoms with Crippen LogP contribution in [0.15, 0.2) is 0 Å². The van der Waals surface area contributed by atoms with Crippen LogP contribution in [0.1, 0.15) is 47.5 Å². The van der Waals surface area contributed by atoms with Gasteiger partial charge in [-0.1, -0.05) is 6.92 Å². The summed E-state index contributed by atoms with van der Waals surface area (Å²) in [5.74, 6) is 0.229. The fourth-order valence-electron chi connectivity index (χ4n) is 3.93. The summed E-state index contributed by atoms with van der Waals surface area (Å²) in [5, 5.41) is 0. The number of rotatable bonds is 4. The highest BCUT2D eigenvalue weighted by atomic mass is 16.5. The van der Waals surface area contributed by atoms with Crippen molar-refractivity contribution in [2.75, 3.05) is 33.2 Å². The standard InChI is InChI=1S/C17H32N2O2/c1-7-19-10-8-13(9-11-19)18(6)12-14-15(20)17(4,5)21-16(14,2)3/h13-14H,7-12H2,1-6H3. The predicted octanol–water partition coefficient (Wildman–Crippen LogP) is 2.18. The lowest BCUT2D eigenvalue weighted by molar-refractivity contribution is -0.132. The number of likely N-dealkylation sites (tertiary alicyclic amines) is 1. The Kier molecular flexibility index (Phi) is 4.81. The first-order valence-corrected chi connectivity index (χ1v) is 8.34. The van der Waals surface area contributed by atoms with Gasteiger partial charge in [0.25, 0.3) is 0 Å². The molecule has 0 amide bonds. The molecule has 0 aliphatic carbocycles. The second-order valence-electron chi connectivity index (χ2n) is 7.74. The van der Waals surface area contributed by atoms with Crippen LogP contribution in [0.3, 0.4) is 0 Å².